The number of hydrogen-bond acceptors (Lipinski definition) is 0. The van der Waals surface area contributed by atoms with Crippen molar-refractivity contribution < 1.29 is 19.5 Å². The van der Waals surface area contributed by atoms with E-state index in [1.807, 2.05) is 0 Å². The molecule has 1 heterocycles. The zero-order valence-electron chi connectivity index (χ0n) is 5.91. The maximum atomic E-state index is 4.35. The van der Waals surface area contributed by atoms with Gasteiger partial charge >= 0.3 is 19.5 Å². The monoisotopic (exact) mass is 214 g/mol. The first kappa shape index (κ1) is 9.58. The average molecular weight is 213 g/mol. The van der Waals surface area contributed by atoms with Crippen LogP contribution in [0.25, 0.3) is 5.32 Å². The summed E-state index contributed by atoms with van der Waals surface area (Å²) in [5.41, 5.74) is 0. The summed E-state index contributed by atoms with van der Waals surface area (Å²) in [5.74, 6) is 0.859. The zero-order valence-corrected chi connectivity index (χ0v) is 7.65. The van der Waals surface area contributed by atoms with Gasteiger partial charge in [-0.05, 0) is 0 Å². The van der Waals surface area contributed by atoms with E-state index in [0.717, 1.165) is 19.0 Å². The zero-order chi connectivity index (χ0) is 5.82. The third kappa shape index (κ3) is 4.05. The van der Waals surface area contributed by atoms with E-state index in [2.05, 4.69) is 12.2 Å². The smallest absolute Gasteiger partial charge is 0.662 e. The molecule has 9 heavy (non-hydrogen) atoms. The molecule has 0 N–H and O–H groups in total. The van der Waals surface area contributed by atoms with E-state index < -0.39 is 0 Å². The van der Waals surface area contributed by atoms with E-state index in [4.69, 9.17) is 0 Å². The van der Waals surface area contributed by atoms with Gasteiger partial charge in [0.15, 0.2) is 0 Å². The molecule has 1 aliphatic heterocycles. The van der Waals surface area contributed by atoms with Crippen LogP contribution in [0.3, 0.4) is 0 Å². The van der Waals surface area contributed by atoms with Crippen LogP contribution in [-0.2, 0) is 19.5 Å². The second-order valence-electron chi connectivity index (χ2n) is 2.73. The van der Waals surface area contributed by atoms with Gasteiger partial charge in [-0.1, -0.05) is 32.1 Å². The molecule has 0 amide bonds. The van der Waals surface area contributed by atoms with Crippen molar-refractivity contribution in [3.05, 3.63) is 5.32 Å². The average Bonchev–Trinajstić information content (AvgIpc) is 1.94. The van der Waals surface area contributed by atoms with Gasteiger partial charge in [-0.3, -0.25) is 0 Å². The third-order valence-electron chi connectivity index (χ3n) is 1.70. The van der Waals surface area contributed by atoms with E-state index in [-0.39, 0.29) is 19.5 Å². The summed E-state index contributed by atoms with van der Waals surface area (Å²) < 4.78 is 0. The Morgan fingerprint density at radius 1 is 1.33 bits per heavy atom. The molecule has 0 aromatic carbocycles. The van der Waals surface area contributed by atoms with Crippen LogP contribution < -0.4 is 0 Å². The molecule has 1 saturated heterocycles. The molecule has 0 spiro atoms. The molecule has 55 valence electrons. The van der Waals surface area contributed by atoms with E-state index in [1.54, 1.807) is 0 Å². The van der Waals surface area contributed by atoms with Crippen LogP contribution in [0.5, 0.6) is 0 Å². The number of rotatable bonds is 0. The molecular weight excluding hydrogens is 199 g/mol. The summed E-state index contributed by atoms with van der Waals surface area (Å²) in [4.78, 5) is 0. The SMILES string of the molecule is CC1CCCC[N-]C1.[Ru+]. The van der Waals surface area contributed by atoms with Gasteiger partial charge in [0.05, 0.1) is 0 Å². The van der Waals surface area contributed by atoms with Crippen molar-refractivity contribution in [3.8, 4) is 0 Å². The second kappa shape index (κ2) is 5.37. The second-order valence-corrected chi connectivity index (χ2v) is 2.73. The van der Waals surface area contributed by atoms with E-state index in [0.29, 0.717) is 0 Å². The Kier molecular flexibility index (Phi) is 5.72. The predicted molar refractivity (Wildman–Crippen MR) is 36.1 cm³/mol. The van der Waals surface area contributed by atoms with Crippen LogP contribution in [0.15, 0.2) is 0 Å². The minimum atomic E-state index is 0. The van der Waals surface area contributed by atoms with Gasteiger partial charge in [-0.15, -0.1) is 13.1 Å². The first-order valence-corrected chi connectivity index (χ1v) is 3.53. The van der Waals surface area contributed by atoms with Crippen LogP contribution in [-0.4, -0.2) is 13.1 Å². The summed E-state index contributed by atoms with van der Waals surface area (Å²) in [6.45, 7) is 4.51. The first-order chi connectivity index (χ1) is 3.89. The summed E-state index contributed by atoms with van der Waals surface area (Å²) in [6.07, 6.45) is 4.11. The van der Waals surface area contributed by atoms with Gasteiger partial charge in [0, 0.05) is 0 Å². The molecule has 1 nitrogen and oxygen atoms in total. The van der Waals surface area contributed by atoms with Crippen molar-refractivity contribution in [2.45, 2.75) is 26.2 Å². The molecule has 0 saturated carbocycles. The molecule has 0 bridgehead atoms. The Balaban J connectivity index is 0.000000640. The summed E-state index contributed by atoms with van der Waals surface area (Å²) in [7, 11) is 0. The summed E-state index contributed by atoms with van der Waals surface area (Å²) in [5, 5.41) is 4.35. The molecule has 1 aliphatic rings. The van der Waals surface area contributed by atoms with Crippen molar-refractivity contribution >= 4 is 0 Å². The Hall–Kier alpha value is 0.583. The van der Waals surface area contributed by atoms with Crippen molar-refractivity contribution in [2.75, 3.05) is 13.1 Å². The molecule has 1 unspecified atom stereocenters. The fourth-order valence-electron chi connectivity index (χ4n) is 1.12. The van der Waals surface area contributed by atoms with Gasteiger partial charge < -0.3 is 5.32 Å². The van der Waals surface area contributed by atoms with Crippen molar-refractivity contribution in [1.82, 2.24) is 0 Å². The van der Waals surface area contributed by atoms with Crippen molar-refractivity contribution in [3.63, 3.8) is 0 Å². The van der Waals surface area contributed by atoms with Crippen molar-refractivity contribution in [1.29, 1.82) is 0 Å². The molecule has 2 heteroatoms. The van der Waals surface area contributed by atoms with Crippen LogP contribution in [0, 0.1) is 5.92 Å². The van der Waals surface area contributed by atoms with Crippen molar-refractivity contribution in [2.24, 2.45) is 5.92 Å². The predicted octanol–water partition coefficient (Wildman–Crippen LogP) is 2.18. The largest absolute Gasteiger partial charge is 1.00 e. The maximum absolute atomic E-state index is 4.35. The topological polar surface area (TPSA) is 14.1 Å². The van der Waals surface area contributed by atoms with Gasteiger partial charge in [0.2, 0.25) is 0 Å². The van der Waals surface area contributed by atoms with Crippen LogP contribution in [0.4, 0.5) is 0 Å². The number of nitrogens with zero attached hydrogens (tertiary/aromatic N) is 1. The standard InChI is InChI=1S/C7H14N.Ru/c1-7-4-2-3-5-8-6-7;/h7H,2-6H2,1H3;/q-1;+1. The Labute approximate surface area is 70.4 Å². The molecule has 1 radical (unpaired) electrons. The fraction of sp³-hybridized carbons (Fsp3) is 1.00. The Bertz CT molecular complexity index is 57.9. The van der Waals surface area contributed by atoms with Crippen LogP contribution in [0.2, 0.25) is 0 Å². The molecule has 1 rings (SSSR count). The first-order valence-electron chi connectivity index (χ1n) is 3.53. The van der Waals surface area contributed by atoms with Gasteiger partial charge in [-0.2, -0.15) is 0 Å². The molecule has 0 aromatic rings. The minimum absolute atomic E-state index is 0. The number of hydrogen-bond donors (Lipinski definition) is 0. The molecule has 1 fully saturated rings. The third-order valence-corrected chi connectivity index (χ3v) is 1.70. The van der Waals surface area contributed by atoms with E-state index >= 15 is 0 Å². The fourth-order valence-corrected chi connectivity index (χ4v) is 1.12. The van der Waals surface area contributed by atoms with Crippen LogP contribution in [0.1, 0.15) is 26.2 Å². The van der Waals surface area contributed by atoms with Gasteiger partial charge in [0.25, 0.3) is 0 Å². The van der Waals surface area contributed by atoms with Gasteiger partial charge in [-0.25, -0.2) is 0 Å². The van der Waals surface area contributed by atoms with Crippen LogP contribution >= 0.6 is 0 Å². The normalized spacial score (nSPS) is 28.3. The Morgan fingerprint density at radius 3 is 2.89 bits per heavy atom. The summed E-state index contributed by atoms with van der Waals surface area (Å²) >= 11 is 0. The minimum Gasteiger partial charge on any atom is -0.662 e. The Morgan fingerprint density at radius 2 is 2.11 bits per heavy atom. The maximum Gasteiger partial charge on any atom is 1.00 e. The summed E-state index contributed by atoms with van der Waals surface area (Å²) in [6, 6.07) is 0. The van der Waals surface area contributed by atoms with Gasteiger partial charge in [0.1, 0.15) is 0 Å². The molecule has 1 atom stereocenters. The van der Waals surface area contributed by atoms with E-state index in [9.17, 15) is 0 Å². The quantitative estimate of drug-likeness (QED) is 0.548. The molecule has 0 aliphatic carbocycles. The molecular formula is C7H14NRu. The van der Waals surface area contributed by atoms with E-state index in [1.165, 1.54) is 19.3 Å². The molecule has 0 aromatic heterocycles.